The van der Waals surface area contributed by atoms with Crippen molar-refractivity contribution in [1.29, 1.82) is 0 Å². The van der Waals surface area contributed by atoms with Crippen LogP contribution in [0.4, 0.5) is 17.1 Å². The van der Waals surface area contributed by atoms with Crippen molar-refractivity contribution in [3.63, 3.8) is 0 Å². The molecule has 3 N–H and O–H groups in total. The van der Waals surface area contributed by atoms with Crippen LogP contribution in [0.2, 0.25) is 0 Å². The second-order valence-electron chi connectivity index (χ2n) is 3.79. The average molecular weight is 294 g/mol. The number of para-hydroxylation sites is 1. The predicted octanol–water partition coefficient (Wildman–Crippen LogP) is 1.37. The number of hydrogen-bond acceptors (Lipinski definition) is 6. The summed E-state index contributed by atoms with van der Waals surface area (Å²) in [6.07, 6.45) is 2.79. The van der Waals surface area contributed by atoms with Gasteiger partial charge >= 0.3 is 5.69 Å². The zero-order chi connectivity index (χ0) is 14.8. The van der Waals surface area contributed by atoms with Crippen molar-refractivity contribution >= 4 is 27.1 Å². The van der Waals surface area contributed by atoms with E-state index in [0.717, 1.165) is 6.07 Å². The Labute approximate surface area is 114 Å². The number of rotatable bonds is 4. The molecule has 0 saturated carbocycles. The van der Waals surface area contributed by atoms with Crippen molar-refractivity contribution in [3.8, 4) is 0 Å². The molecule has 20 heavy (non-hydrogen) atoms. The summed E-state index contributed by atoms with van der Waals surface area (Å²) < 4.78 is 26.6. The third-order valence-electron chi connectivity index (χ3n) is 2.43. The maximum atomic E-state index is 12.2. The molecule has 0 aliphatic carbocycles. The van der Waals surface area contributed by atoms with Crippen molar-refractivity contribution in [2.24, 2.45) is 0 Å². The number of hydrogen-bond donors (Lipinski definition) is 2. The molecule has 104 valence electrons. The van der Waals surface area contributed by atoms with E-state index in [1.54, 1.807) is 0 Å². The van der Waals surface area contributed by atoms with E-state index < -0.39 is 25.5 Å². The lowest BCUT2D eigenvalue weighted by molar-refractivity contribution is -0.386. The molecule has 0 atom stereocenters. The highest BCUT2D eigenvalue weighted by atomic mass is 32.2. The Kier molecular flexibility index (Phi) is 3.53. The molecule has 0 radical (unpaired) electrons. The van der Waals surface area contributed by atoms with E-state index in [1.807, 2.05) is 0 Å². The maximum Gasteiger partial charge on any atom is 0.312 e. The molecule has 1 heterocycles. The average Bonchev–Trinajstić information content (AvgIpc) is 2.38. The summed E-state index contributed by atoms with van der Waals surface area (Å²) in [6, 6.07) is 6.58. The molecule has 0 aliphatic rings. The Bertz CT molecular complexity index is 746. The standard InChI is InChI=1S/C11H10N4O4S/c12-9-2-1-3-10(11(9)15(16)17)20(18,19)14-8-4-6-13-7-5-8/h1-7H,12H2,(H,13,14). The van der Waals surface area contributed by atoms with Gasteiger partial charge in [0.25, 0.3) is 10.0 Å². The smallest absolute Gasteiger partial charge is 0.312 e. The summed E-state index contributed by atoms with van der Waals surface area (Å²) in [4.78, 5) is 13.4. The molecule has 2 rings (SSSR count). The largest absolute Gasteiger partial charge is 0.393 e. The number of nitrogens with two attached hydrogens (primary N) is 1. The fraction of sp³-hybridized carbons (Fsp3) is 0. The van der Waals surface area contributed by atoms with Crippen molar-refractivity contribution < 1.29 is 13.3 Å². The van der Waals surface area contributed by atoms with E-state index in [-0.39, 0.29) is 11.4 Å². The van der Waals surface area contributed by atoms with Gasteiger partial charge in [-0.25, -0.2) is 8.42 Å². The van der Waals surface area contributed by atoms with Gasteiger partial charge in [0, 0.05) is 12.4 Å². The molecule has 0 bridgehead atoms. The van der Waals surface area contributed by atoms with E-state index in [9.17, 15) is 18.5 Å². The SMILES string of the molecule is Nc1cccc(S(=O)(=O)Nc2ccncc2)c1[N+](=O)[O-]. The van der Waals surface area contributed by atoms with Crippen LogP contribution in [0.5, 0.6) is 0 Å². The van der Waals surface area contributed by atoms with Crippen molar-refractivity contribution in [2.45, 2.75) is 4.90 Å². The van der Waals surface area contributed by atoms with E-state index in [1.165, 1.54) is 36.7 Å². The van der Waals surface area contributed by atoms with Crippen LogP contribution in [0.1, 0.15) is 0 Å². The lowest BCUT2D eigenvalue weighted by atomic mass is 10.3. The molecule has 0 aliphatic heterocycles. The van der Waals surface area contributed by atoms with Crippen LogP contribution in [-0.2, 0) is 10.0 Å². The lowest BCUT2D eigenvalue weighted by Crippen LogP contribution is -2.15. The fourth-order valence-electron chi connectivity index (χ4n) is 1.58. The van der Waals surface area contributed by atoms with Gasteiger partial charge in [-0.05, 0) is 24.3 Å². The van der Waals surface area contributed by atoms with Gasteiger partial charge in [0.15, 0.2) is 4.90 Å². The molecule has 0 amide bonds. The molecule has 2 aromatic rings. The van der Waals surface area contributed by atoms with Gasteiger partial charge in [0.2, 0.25) is 0 Å². The quantitative estimate of drug-likeness (QED) is 0.498. The molecule has 0 fully saturated rings. The number of anilines is 2. The third-order valence-corrected chi connectivity index (χ3v) is 3.85. The van der Waals surface area contributed by atoms with Crippen molar-refractivity contribution in [3.05, 3.63) is 52.8 Å². The Morgan fingerprint density at radius 2 is 1.85 bits per heavy atom. The van der Waals surface area contributed by atoms with Gasteiger partial charge in [0.1, 0.15) is 5.69 Å². The van der Waals surface area contributed by atoms with Crippen LogP contribution in [0.25, 0.3) is 0 Å². The Hall–Kier alpha value is -2.68. The minimum absolute atomic E-state index is 0.215. The Morgan fingerprint density at radius 3 is 2.45 bits per heavy atom. The first kappa shape index (κ1) is 13.7. The summed E-state index contributed by atoms with van der Waals surface area (Å²) in [5.41, 5.74) is 4.86. The Morgan fingerprint density at radius 1 is 1.20 bits per heavy atom. The molecule has 0 spiro atoms. The van der Waals surface area contributed by atoms with Gasteiger partial charge in [-0.2, -0.15) is 0 Å². The number of benzene rings is 1. The van der Waals surface area contributed by atoms with Crippen LogP contribution >= 0.6 is 0 Å². The lowest BCUT2D eigenvalue weighted by Gasteiger charge is -2.09. The van der Waals surface area contributed by atoms with E-state index in [0.29, 0.717) is 0 Å². The number of nitrogens with one attached hydrogen (secondary N) is 1. The van der Waals surface area contributed by atoms with E-state index >= 15 is 0 Å². The zero-order valence-corrected chi connectivity index (χ0v) is 10.9. The number of nitrogen functional groups attached to an aromatic ring is 1. The minimum Gasteiger partial charge on any atom is -0.393 e. The first-order valence-electron chi connectivity index (χ1n) is 5.37. The number of nitrogens with zero attached hydrogens (tertiary/aromatic N) is 2. The second kappa shape index (κ2) is 5.13. The summed E-state index contributed by atoms with van der Waals surface area (Å²) in [5.74, 6) is 0. The molecule has 9 heteroatoms. The number of nitro benzene ring substituents is 1. The van der Waals surface area contributed by atoms with Gasteiger partial charge in [-0.15, -0.1) is 0 Å². The Balaban J connectivity index is 2.50. The summed E-state index contributed by atoms with van der Waals surface area (Å²) in [6.45, 7) is 0. The van der Waals surface area contributed by atoms with Crippen molar-refractivity contribution in [1.82, 2.24) is 4.98 Å². The zero-order valence-electron chi connectivity index (χ0n) is 10.1. The van der Waals surface area contributed by atoms with Crippen LogP contribution in [0, 0.1) is 10.1 Å². The number of sulfonamides is 1. The van der Waals surface area contributed by atoms with Crippen molar-refractivity contribution in [2.75, 3.05) is 10.5 Å². The number of nitro groups is 1. The fourth-order valence-corrected chi connectivity index (χ4v) is 2.84. The topological polar surface area (TPSA) is 128 Å². The highest BCUT2D eigenvalue weighted by Gasteiger charge is 2.28. The summed E-state index contributed by atoms with van der Waals surface area (Å²) in [7, 11) is -4.11. The predicted molar refractivity (Wildman–Crippen MR) is 72.6 cm³/mol. The minimum atomic E-state index is -4.11. The maximum absolute atomic E-state index is 12.2. The summed E-state index contributed by atoms with van der Waals surface area (Å²) in [5, 5.41) is 11.0. The van der Waals surface area contributed by atoms with E-state index in [4.69, 9.17) is 5.73 Å². The van der Waals surface area contributed by atoms with Gasteiger partial charge in [-0.3, -0.25) is 19.8 Å². The highest BCUT2D eigenvalue weighted by Crippen LogP contribution is 2.30. The molecule has 1 aromatic carbocycles. The number of aromatic nitrogens is 1. The number of pyridine rings is 1. The molecule has 8 nitrogen and oxygen atoms in total. The normalized spacial score (nSPS) is 11.0. The van der Waals surface area contributed by atoms with Gasteiger partial charge in [-0.1, -0.05) is 6.07 Å². The molecule has 0 unspecified atom stereocenters. The molecular weight excluding hydrogens is 284 g/mol. The van der Waals surface area contributed by atoms with Crippen LogP contribution < -0.4 is 10.5 Å². The van der Waals surface area contributed by atoms with Crippen LogP contribution in [-0.4, -0.2) is 18.3 Å². The van der Waals surface area contributed by atoms with Gasteiger partial charge in [0.05, 0.1) is 10.6 Å². The van der Waals surface area contributed by atoms with Crippen LogP contribution in [0.15, 0.2) is 47.6 Å². The highest BCUT2D eigenvalue weighted by molar-refractivity contribution is 7.92. The van der Waals surface area contributed by atoms with Crippen LogP contribution in [0.3, 0.4) is 0 Å². The summed E-state index contributed by atoms with van der Waals surface area (Å²) >= 11 is 0. The van der Waals surface area contributed by atoms with Gasteiger partial charge < -0.3 is 5.73 Å². The molecule has 0 saturated heterocycles. The monoisotopic (exact) mass is 294 g/mol. The van der Waals surface area contributed by atoms with E-state index in [2.05, 4.69) is 9.71 Å². The third kappa shape index (κ3) is 2.67. The second-order valence-corrected chi connectivity index (χ2v) is 5.44. The first-order chi connectivity index (χ1) is 9.42. The first-order valence-corrected chi connectivity index (χ1v) is 6.86. The molecule has 1 aromatic heterocycles. The molecular formula is C11H10N4O4S.